The zero-order chi connectivity index (χ0) is 15.5. The molecule has 3 rings (SSSR count). The van der Waals surface area contributed by atoms with Gasteiger partial charge >= 0.3 is 0 Å². The summed E-state index contributed by atoms with van der Waals surface area (Å²) in [7, 11) is 1.53. The van der Waals surface area contributed by atoms with Crippen molar-refractivity contribution < 1.29 is 23.2 Å². The van der Waals surface area contributed by atoms with E-state index in [2.05, 4.69) is 10.1 Å². The van der Waals surface area contributed by atoms with E-state index in [1.54, 1.807) is 4.90 Å². The van der Waals surface area contributed by atoms with Crippen LogP contribution in [0, 0.1) is 0 Å². The van der Waals surface area contributed by atoms with Gasteiger partial charge in [0, 0.05) is 13.7 Å². The summed E-state index contributed by atoms with van der Waals surface area (Å²) in [6, 6.07) is 1.09. The van der Waals surface area contributed by atoms with Crippen LogP contribution in [0.2, 0.25) is 5.22 Å². The Bertz CT molecular complexity index is 656. The van der Waals surface area contributed by atoms with Crippen molar-refractivity contribution in [3.8, 4) is 0 Å². The van der Waals surface area contributed by atoms with Gasteiger partial charge in [-0.3, -0.25) is 4.79 Å². The number of aromatic nitrogens is 2. The molecule has 1 aliphatic rings. The molecule has 1 fully saturated rings. The van der Waals surface area contributed by atoms with E-state index in [4.69, 9.17) is 30.0 Å². The topological polar surface area (TPSA) is 90.8 Å². The van der Waals surface area contributed by atoms with Crippen LogP contribution < -0.4 is 0 Å². The van der Waals surface area contributed by atoms with Gasteiger partial charge in [-0.2, -0.15) is 4.98 Å². The predicted octanol–water partition coefficient (Wildman–Crippen LogP) is 1.68. The summed E-state index contributed by atoms with van der Waals surface area (Å²) in [5.41, 5.74) is 0.300. The van der Waals surface area contributed by atoms with E-state index in [-0.39, 0.29) is 24.3 Å². The van der Waals surface area contributed by atoms with E-state index in [0.29, 0.717) is 30.4 Å². The van der Waals surface area contributed by atoms with Gasteiger partial charge in [-0.1, -0.05) is 5.16 Å². The van der Waals surface area contributed by atoms with Gasteiger partial charge in [-0.15, -0.1) is 0 Å². The number of nitrogens with zero attached hydrogens (tertiary/aromatic N) is 3. The lowest BCUT2D eigenvalue weighted by Crippen LogP contribution is -2.43. The zero-order valence-electron chi connectivity index (χ0n) is 11.8. The molecule has 1 amide bonds. The minimum Gasteiger partial charge on any atom is -0.452 e. The second-order valence-corrected chi connectivity index (χ2v) is 5.02. The van der Waals surface area contributed by atoms with Crippen LogP contribution in [0.3, 0.4) is 0 Å². The van der Waals surface area contributed by atoms with Crippen LogP contribution in [0.25, 0.3) is 0 Å². The first-order valence-electron chi connectivity index (χ1n) is 6.64. The number of amides is 1. The average Bonchev–Trinajstić information content (AvgIpc) is 3.16. The maximum absolute atomic E-state index is 12.6. The van der Waals surface area contributed by atoms with Crippen LogP contribution in [-0.2, 0) is 16.1 Å². The number of ether oxygens (including phenoxy) is 2. The molecule has 118 valence electrons. The van der Waals surface area contributed by atoms with Gasteiger partial charge in [0.1, 0.15) is 12.6 Å². The normalized spacial score (nSPS) is 18.6. The molecule has 2 aromatic rings. The molecule has 9 heteroatoms. The molecule has 0 bridgehead atoms. The predicted molar refractivity (Wildman–Crippen MR) is 73.3 cm³/mol. The third-order valence-corrected chi connectivity index (χ3v) is 3.58. The molecule has 1 atom stereocenters. The van der Waals surface area contributed by atoms with Crippen molar-refractivity contribution in [3.05, 3.63) is 34.8 Å². The molecule has 0 spiro atoms. The molecule has 22 heavy (non-hydrogen) atoms. The lowest BCUT2D eigenvalue weighted by molar-refractivity contribution is -0.00579. The molecule has 0 aromatic carbocycles. The standard InChI is InChI=1S/C13H14ClN3O5/c1-19-7-10-15-12(16-22-10)9-6-20-5-3-17(9)13(18)8-2-4-21-11(8)14/h2,4,9H,3,5-7H2,1H3. The molecule has 0 N–H and O–H groups in total. The summed E-state index contributed by atoms with van der Waals surface area (Å²) < 4.78 is 20.4. The Morgan fingerprint density at radius 2 is 2.45 bits per heavy atom. The van der Waals surface area contributed by atoms with E-state index < -0.39 is 6.04 Å². The quantitative estimate of drug-likeness (QED) is 0.843. The first-order valence-corrected chi connectivity index (χ1v) is 7.01. The van der Waals surface area contributed by atoms with Gasteiger partial charge in [0.15, 0.2) is 5.82 Å². The number of hydrogen-bond donors (Lipinski definition) is 0. The lowest BCUT2D eigenvalue weighted by Gasteiger charge is -2.33. The number of rotatable bonds is 4. The molecule has 1 aliphatic heterocycles. The largest absolute Gasteiger partial charge is 0.452 e. The van der Waals surface area contributed by atoms with Gasteiger partial charge in [-0.05, 0) is 17.7 Å². The van der Waals surface area contributed by atoms with Gasteiger partial charge in [0.05, 0.1) is 25.0 Å². The molecule has 8 nitrogen and oxygen atoms in total. The van der Waals surface area contributed by atoms with Crippen LogP contribution in [-0.4, -0.2) is 47.8 Å². The fourth-order valence-electron chi connectivity index (χ4n) is 2.25. The van der Waals surface area contributed by atoms with Crippen molar-refractivity contribution in [2.75, 3.05) is 26.9 Å². The number of carbonyl (C=O) groups is 1. The minimum absolute atomic E-state index is 0.0587. The Kier molecular flexibility index (Phi) is 4.41. The lowest BCUT2D eigenvalue weighted by atomic mass is 10.1. The highest BCUT2D eigenvalue weighted by molar-refractivity contribution is 6.32. The average molecular weight is 328 g/mol. The monoisotopic (exact) mass is 327 g/mol. The van der Waals surface area contributed by atoms with Crippen molar-refractivity contribution >= 4 is 17.5 Å². The molecule has 0 saturated carbocycles. The Hall–Kier alpha value is -1.90. The highest BCUT2D eigenvalue weighted by atomic mass is 35.5. The van der Waals surface area contributed by atoms with Gasteiger partial charge in [0.25, 0.3) is 11.8 Å². The van der Waals surface area contributed by atoms with Gasteiger partial charge in [-0.25, -0.2) is 0 Å². The van der Waals surface area contributed by atoms with Crippen LogP contribution in [0.15, 0.2) is 21.3 Å². The summed E-state index contributed by atoms with van der Waals surface area (Å²) in [4.78, 5) is 18.4. The van der Waals surface area contributed by atoms with Crippen LogP contribution in [0.4, 0.5) is 0 Å². The van der Waals surface area contributed by atoms with Crippen LogP contribution in [0.1, 0.15) is 28.1 Å². The number of morpholine rings is 1. The Labute approximate surface area is 130 Å². The summed E-state index contributed by atoms with van der Waals surface area (Å²) >= 11 is 5.88. The fourth-order valence-corrected chi connectivity index (χ4v) is 2.44. The van der Waals surface area contributed by atoms with Crippen LogP contribution >= 0.6 is 11.6 Å². The first-order chi connectivity index (χ1) is 10.7. The Morgan fingerprint density at radius 1 is 1.59 bits per heavy atom. The molecule has 0 aliphatic carbocycles. The molecule has 3 heterocycles. The SMILES string of the molecule is COCc1nc(C2COCCN2C(=O)c2ccoc2Cl)no1. The minimum atomic E-state index is -0.443. The number of hydrogen-bond acceptors (Lipinski definition) is 7. The van der Waals surface area contributed by atoms with Crippen molar-refractivity contribution in [2.45, 2.75) is 12.6 Å². The third kappa shape index (κ3) is 2.85. The van der Waals surface area contributed by atoms with Crippen molar-refractivity contribution in [1.82, 2.24) is 15.0 Å². The number of carbonyl (C=O) groups excluding carboxylic acids is 1. The second kappa shape index (κ2) is 6.47. The second-order valence-electron chi connectivity index (χ2n) is 4.68. The van der Waals surface area contributed by atoms with E-state index in [0.717, 1.165) is 0 Å². The molecule has 1 saturated heterocycles. The van der Waals surface area contributed by atoms with Crippen molar-refractivity contribution in [1.29, 1.82) is 0 Å². The summed E-state index contributed by atoms with van der Waals surface area (Å²) in [5.74, 6) is 0.460. The van der Waals surface area contributed by atoms with E-state index in [1.807, 2.05) is 0 Å². The Balaban J connectivity index is 1.84. The molecular weight excluding hydrogens is 314 g/mol. The summed E-state index contributed by atoms with van der Waals surface area (Å²) in [5, 5.41) is 3.96. The highest BCUT2D eigenvalue weighted by Crippen LogP contribution is 2.27. The fraction of sp³-hybridized carbons (Fsp3) is 0.462. The van der Waals surface area contributed by atoms with Crippen molar-refractivity contribution in [3.63, 3.8) is 0 Å². The van der Waals surface area contributed by atoms with Gasteiger partial charge in [0.2, 0.25) is 5.22 Å². The van der Waals surface area contributed by atoms with Crippen LogP contribution in [0.5, 0.6) is 0 Å². The maximum Gasteiger partial charge on any atom is 0.259 e. The Morgan fingerprint density at radius 3 is 3.18 bits per heavy atom. The molecule has 0 radical (unpaired) electrons. The number of furan rings is 1. The third-order valence-electron chi connectivity index (χ3n) is 3.29. The van der Waals surface area contributed by atoms with E-state index >= 15 is 0 Å². The number of halogens is 1. The first kappa shape index (κ1) is 15.0. The number of methoxy groups -OCH3 is 1. The summed E-state index contributed by atoms with van der Waals surface area (Å²) in [6.45, 7) is 1.33. The zero-order valence-corrected chi connectivity index (χ0v) is 12.6. The van der Waals surface area contributed by atoms with Gasteiger partial charge < -0.3 is 23.3 Å². The van der Waals surface area contributed by atoms with E-state index in [9.17, 15) is 4.79 Å². The smallest absolute Gasteiger partial charge is 0.259 e. The molecular formula is C13H14ClN3O5. The molecule has 1 unspecified atom stereocenters. The van der Waals surface area contributed by atoms with E-state index in [1.165, 1.54) is 19.4 Å². The molecule has 2 aromatic heterocycles. The van der Waals surface area contributed by atoms with Crippen molar-refractivity contribution in [2.24, 2.45) is 0 Å². The maximum atomic E-state index is 12.6. The highest BCUT2D eigenvalue weighted by Gasteiger charge is 2.34. The summed E-state index contributed by atoms with van der Waals surface area (Å²) in [6.07, 6.45) is 1.37.